The standard InChI is InChI=1S/C30H28N4O7S/c1-6-14-41-19-12-11-18(15-20(19)40-7-2)24-22(25(35)23-16(3)31-21-10-8-9-13-33(21)23)26(36)28(37)34(24)30-32-17(4)27(42-30)29(38)39-5/h6,8-13,15,24,35H,1,7,14H2,2-5H3/b25-22+. The van der Waals surface area contributed by atoms with E-state index >= 15 is 0 Å². The van der Waals surface area contributed by atoms with Gasteiger partial charge in [0.05, 0.1) is 36.7 Å². The second-order valence-electron chi connectivity index (χ2n) is 9.29. The minimum atomic E-state index is -1.12. The van der Waals surface area contributed by atoms with Crippen molar-refractivity contribution in [3.63, 3.8) is 0 Å². The normalized spacial score (nSPS) is 16.2. The van der Waals surface area contributed by atoms with Crippen molar-refractivity contribution in [2.24, 2.45) is 0 Å². The van der Waals surface area contributed by atoms with Gasteiger partial charge in [-0.15, -0.1) is 0 Å². The predicted molar refractivity (Wildman–Crippen MR) is 156 cm³/mol. The zero-order valence-electron chi connectivity index (χ0n) is 23.4. The fourth-order valence-electron chi connectivity index (χ4n) is 4.87. The van der Waals surface area contributed by atoms with Gasteiger partial charge in [0, 0.05) is 6.20 Å². The molecule has 42 heavy (non-hydrogen) atoms. The molecule has 12 heteroatoms. The lowest BCUT2D eigenvalue weighted by molar-refractivity contribution is -0.132. The summed E-state index contributed by atoms with van der Waals surface area (Å²) < 4.78 is 18.1. The first-order valence-corrected chi connectivity index (χ1v) is 13.8. The van der Waals surface area contributed by atoms with Gasteiger partial charge in [-0.05, 0) is 50.6 Å². The zero-order chi connectivity index (χ0) is 30.1. The molecule has 0 aliphatic carbocycles. The van der Waals surface area contributed by atoms with Crippen LogP contribution >= 0.6 is 11.3 Å². The van der Waals surface area contributed by atoms with Gasteiger partial charge < -0.3 is 19.3 Å². The molecule has 5 rings (SSSR count). The van der Waals surface area contributed by atoms with Crippen LogP contribution in [0.3, 0.4) is 0 Å². The Hall–Kier alpha value is -4.97. The smallest absolute Gasteiger partial charge is 0.350 e. The van der Waals surface area contributed by atoms with Gasteiger partial charge in [-0.2, -0.15) is 0 Å². The molecule has 1 aliphatic heterocycles. The summed E-state index contributed by atoms with van der Waals surface area (Å²) in [4.78, 5) is 50.1. The van der Waals surface area contributed by atoms with E-state index in [1.165, 1.54) is 12.0 Å². The Morgan fingerprint density at radius 2 is 1.90 bits per heavy atom. The first-order valence-electron chi connectivity index (χ1n) is 13.0. The molecule has 1 aliphatic rings. The van der Waals surface area contributed by atoms with E-state index < -0.39 is 29.5 Å². The van der Waals surface area contributed by atoms with Gasteiger partial charge in [-0.25, -0.2) is 14.8 Å². The number of rotatable bonds is 9. The average molecular weight is 589 g/mol. The molecule has 1 amide bonds. The number of ketones is 1. The zero-order valence-corrected chi connectivity index (χ0v) is 24.2. The van der Waals surface area contributed by atoms with Crippen LogP contribution in [0.1, 0.15) is 45.3 Å². The number of aryl methyl sites for hydroxylation is 2. The highest BCUT2D eigenvalue weighted by Crippen LogP contribution is 2.46. The summed E-state index contributed by atoms with van der Waals surface area (Å²) in [5.41, 5.74) is 1.92. The van der Waals surface area contributed by atoms with Crippen LogP contribution in [-0.4, -0.2) is 57.5 Å². The van der Waals surface area contributed by atoms with E-state index in [4.69, 9.17) is 14.2 Å². The van der Waals surface area contributed by atoms with Crippen molar-refractivity contribution in [1.29, 1.82) is 0 Å². The number of carbonyl (C=O) groups is 3. The number of benzene rings is 1. The number of ether oxygens (including phenoxy) is 3. The summed E-state index contributed by atoms with van der Waals surface area (Å²) >= 11 is 0.918. The van der Waals surface area contributed by atoms with Gasteiger partial charge in [0.2, 0.25) is 0 Å². The van der Waals surface area contributed by atoms with Crippen LogP contribution in [0.2, 0.25) is 0 Å². The van der Waals surface area contributed by atoms with Crippen LogP contribution < -0.4 is 14.4 Å². The molecule has 4 heterocycles. The molecule has 3 aromatic heterocycles. The SMILES string of the molecule is C=CCOc1ccc(C2/C(=C(\O)c3c(C)nc4ccccn34)C(=O)C(=O)N2c2nc(C)c(C(=O)OC)s2)cc1OCC. The Morgan fingerprint density at radius 1 is 1.12 bits per heavy atom. The Kier molecular flexibility index (Phi) is 7.81. The van der Waals surface area contributed by atoms with Crippen LogP contribution in [0.4, 0.5) is 5.13 Å². The van der Waals surface area contributed by atoms with Crippen molar-refractivity contribution in [3.05, 3.63) is 88.3 Å². The molecule has 0 bridgehead atoms. The first kappa shape index (κ1) is 28.6. The topological polar surface area (TPSA) is 133 Å². The van der Waals surface area contributed by atoms with Gasteiger partial charge >= 0.3 is 11.9 Å². The molecule has 1 unspecified atom stereocenters. The second kappa shape index (κ2) is 11.5. The number of aliphatic hydroxyl groups excluding tert-OH is 1. The van der Waals surface area contributed by atoms with Crippen molar-refractivity contribution >= 4 is 45.5 Å². The highest BCUT2D eigenvalue weighted by Gasteiger charge is 2.49. The number of hydrogen-bond donors (Lipinski definition) is 1. The minimum Gasteiger partial charge on any atom is -0.505 e. The molecule has 1 fully saturated rings. The molecule has 1 atom stereocenters. The van der Waals surface area contributed by atoms with E-state index in [1.54, 1.807) is 66.9 Å². The summed E-state index contributed by atoms with van der Waals surface area (Å²) in [6, 6.07) is 9.22. The maximum atomic E-state index is 13.7. The van der Waals surface area contributed by atoms with Crippen LogP contribution in [0.25, 0.3) is 11.4 Å². The van der Waals surface area contributed by atoms with Crippen LogP contribution in [0.15, 0.2) is 60.8 Å². The summed E-state index contributed by atoms with van der Waals surface area (Å²) in [7, 11) is 1.25. The lowest BCUT2D eigenvalue weighted by Gasteiger charge is -2.24. The number of Topliss-reactive ketones (excluding diaryl/α,β-unsaturated/α-hetero) is 1. The molecule has 216 valence electrons. The maximum absolute atomic E-state index is 13.7. The van der Waals surface area contributed by atoms with E-state index in [0.717, 1.165) is 11.3 Å². The van der Waals surface area contributed by atoms with Crippen molar-refractivity contribution in [2.75, 3.05) is 25.2 Å². The Labute approximate surface area is 245 Å². The molecule has 1 N–H and O–H groups in total. The number of aromatic nitrogens is 3. The van der Waals surface area contributed by atoms with Gasteiger partial charge in [-0.1, -0.05) is 36.1 Å². The van der Waals surface area contributed by atoms with Crippen LogP contribution in [-0.2, 0) is 14.3 Å². The molecule has 1 saturated heterocycles. The predicted octanol–water partition coefficient (Wildman–Crippen LogP) is 4.78. The third-order valence-corrected chi connectivity index (χ3v) is 7.81. The molecule has 0 saturated carbocycles. The minimum absolute atomic E-state index is 0.0962. The third kappa shape index (κ3) is 4.79. The monoisotopic (exact) mass is 588 g/mol. The number of hydrogen-bond acceptors (Lipinski definition) is 10. The van der Waals surface area contributed by atoms with E-state index in [-0.39, 0.29) is 27.9 Å². The fraction of sp³-hybridized carbons (Fsp3) is 0.233. The van der Waals surface area contributed by atoms with Gasteiger partial charge in [-0.3, -0.25) is 18.9 Å². The molecule has 4 aromatic rings. The molecule has 0 radical (unpaired) electrons. The van der Waals surface area contributed by atoms with Crippen molar-refractivity contribution in [3.8, 4) is 11.5 Å². The second-order valence-corrected chi connectivity index (χ2v) is 10.3. The van der Waals surface area contributed by atoms with Crippen LogP contribution in [0, 0.1) is 13.8 Å². The van der Waals surface area contributed by atoms with Crippen LogP contribution in [0.5, 0.6) is 11.5 Å². The number of fused-ring (bicyclic) bond motifs is 1. The first-order chi connectivity index (χ1) is 20.2. The fourth-order valence-corrected chi connectivity index (χ4v) is 5.88. The number of esters is 1. The van der Waals surface area contributed by atoms with Gasteiger partial charge in [0.25, 0.3) is 5.78 Å². The Balaban J connectivity index is 1.77. The average Bonchev–Trinajstić information content (AvgIpc) is 3.61. The number of amides is 1. The number of nitrogens with zero attached hydrogens (tertiary/aromatic N) is 4. The maximum Gasteiger partial charge on any atom is 0.350 e. The summed E-state index contributed by atoms with van der Waals surface area (Å²) in [6.07, 6.45) is 3.31. The Bertz CT molecular complexity index is 1770. The number of pyridine rings is 1. The van der Waals surface area contributed by atoms with E-state index in [9.17, 15) is 19.5 Å². The quantitative estimate of drug-likeness (QED) is 0.0964. The molecular formula is C30H28N4O7S. The highest BCUT2D eigenvalue weighted by atomic mass is 32.1. The number of thiazole rings is 1. The lowest BCUT2D eigenvalue weighted by Crippen LogP contribution is -2.29. The van der Waals surface area contributed by atoms with Crippen molar-refractivity contribution in [2.45, 2.75) is 26.8 Å². The third-order valence-electron chi connectivity index (χ3n) is 6.68. The molecular weight excluding hydrogens is 560 g/mol. The molecule has 0 spiro atoms. The largest absolute Gasteiger partial charge is 0.505 e. The molecule has 11 nitrogen and oxygen atoms in total. The number of carbonyl (C=O) groups excluding carboxylic acids is 3. The van der Waals surface area contributed by atoms with E-state index in [0.29, 0.717) is 40.7 Å². The number of imidazole rings is 1. The van der Waals surface area contributed by atoms with Gasteiger partial charge in [0.15, 0.2) is 22.4 Å². The van der Waals surface area contributed by atoms with Crippen molar-refractivity contribution < 1.29 is 33.7 Å². The van der Waals surface area contributed by atoms with E-state index in [1.807, 2.05) is 6.92 Å². The van der Waals surface area contributed by atoms with E-state index in [2.05, 4.69) is 16.5 Å². The molecule has 1 aromatic carbocycles. The summed E-state index contributed by atoms with van der Waals surface area (Å²) in [5.74, 6) is -2.04. The number of anilines is 1. The Morgan fingerprint density at radius 3 is 2.62 bits per heavy atom. The number of aliphatic hydroxyl groups is 1. The number of methoxy groups -OCH3 is 1. The van der Waals surface area contributed by atoms with Gasteiger partial charge in [0.1, 0.15) is 22.8 Å². The summed E-state index contributed by atoms with van der Waals surface area (Å²) in [6.45, 7) is 9.37. The summed E-state index contributed by atoms with van der Waals surface area (Å²) in [5, 5.41) is 11.9. The highest BCUT2D eigenvalue weighted by molar-refractivity contribution is 7.17. The van der Waals surface area contributed by atoms with Crippen molar-refractivity contribution in [1.82, 2.24) is 14.4 Å². The lowest BCUT2D eigenvalue weighted by atomic mass is 9.96.